The van der Waals surface area contributed by atoms with E-state index in [1.165, 1.54) is 10.5 Å². The summed E-state index contributed by atoms with van der Waals surface area (Å²) in [7, 11) is -3.60. The van der Waals surface area contributed by atoms with Gasteiger partial charge in [0.1, 0.15) is 0 Å². The minimum Gasteiger partial charge on any atom is -0.326 e. The first-order valence-electron chi connectivity index (χ1n) is 5.30. The minimum absolute atomic E-state index is 0.0653. The third kappa shape index (κ3) is 2.74. The summed E-state index contributed by atoms with van der Waals surface area (Å²) >= 11 is 0. The summed E-state index contributed by atoms with van der Waals surface area (Å²) in [5.41, 5.74) is 5.96. The van der Waals surface area contributed by atoms with Gasteiger partial charge in [-0.3, -0.25) is 5.10 Å². The van der Waals surface area contributed by atoms with Crippen LogP contribution < -0.4 is 5.73 Å². The molecule has 0 amide bonds. The van der Waals surface area contributed by atoms with Gasteiger partial charge in [-0.2, -0.15) is 9.40 Å². The average Bonchev–Trinajstić information content (AvgIpc) is 2.73. The molecule has 0 fully saturated rings. The van der Waals surface area contributed by atoms with Crippen LogP contribution in [0.15, 0.2) is 23.9 Å². The maximum Gasteiger partial charge on any atom is 0.260 e. The van der Waals surface area contributed by atoms with Gasteiger partial charge < -0.3 is 5.73 Å². The Balaban J connectivity index is 3.21. The molecule has 0 saturated carbocycles. The highest BCUT2D eigenvalue weighted by Gasteiger charge is 2.29. The van der Waals surface area contributed by atoms with Gasteiger partial charge in [-0.05, 0) is 13.8 Å². The van der Waals surface area contributed by atoms with Gasteiger partial charge in [0.15, 0.2) is 5.03 Å². The molecule has 0 radical (unpaired) electrons. The number of aromatic amines is 1. The zero-order chi connectivity index (χ0) is 13.1. The molecule has 0 spiro atoms. The van der Waals surface area contributed by atoms with E-state index < -0.39 is 10.0 Å². The van der Waals surface area contributed by atoms with Crippen LogP contribution in [-0.2, 0) is 16.6 Å². The lowest BCUT2D eigenvalue weighted by Gasteiger charge is -2.24. The molecule has 17 heavy (non-hydrogen) atoms. The Labute approximate surface area is 102 Å². The predicted molar refractivity (Wildman–Crippen MR) is 65.7 cm³/mol. The third-order valence-electron chi connectivity index (χ3n) is 2.35. The van der Waals surface area contributed by atoms with Crippen LogP contribution in [0.4, 0.5) is 0 Å². The van der Waals surface area contributed by atoms with Crippen molar-refractivity contribution < 1.29 is 8.42 Å². The summed E-state index contributed by atoms with van der Waals surface area (Å²) in [4.78, 5) is 0. The number of hydrogen-bond donors (Lipinski definition) is 2. The lowest BCUT2D eigenvalue weighted by Crippen LogP contribution is -2.37. The summed E-state index contributed by atoms with van der Waals surface area (Å²) < 4.78 is 26.1. The first-order valence-corrected chi connectivity index (χ1v) is 6.74. The van der Waals surface area contributed by atoms with Crippen LogP contribution >= 0.6 is 0 Å². The number of aromatic nitrogens is 2. The number of sulfonamides is 1. The van der Waals surface area contributed by atoms with Crippen LogP contribution in [0.5, 0.6) is 0 Å². The molecule has 1 heterocycles. The van der Waals surface area contributed by atoms with Crippen molar-refractivity contribution in [2.24, 2.45) is 5.73 Å². The zero-order valence-corrected chi connectivity index (χ0v) is 10.9. The Hall–Kier alpha value is -1.18. The number of nitrogens with zero attached hydrogens (tertiary/aromatic N) is 2. The van der Waals surface area contributed by atoms with Crippen molar-refractivity contribution in [3.63, 3.8) is 0 Å². The van der Waals surface area contributed by atoms with Crippen molar-refractivity contribution >= 4 is 10.0 Å². The Kier molecular flexibility index (Phi) is 4.44. The van der Waals surface area contributed by atoms with E-state index >= 15 is 0 Å². The summed E-state index contributed by atoms with van der Waals surface area (Å²) in [6.07, 6.45) is 2.98. The number of nitrogens with two attached hydrogens (primary N) is 1. The van der Waals surface area contributed by atoms with Crippen LogP contribution in [0, 0.1) is 0 Å². The minimum atomic E-state index is -3.60. The molecule has 0 aliphatic carbocycles. The van der Waals surface area contributed by atoms with E-state index in [1.807, 2.05) is 0 Å². The molecule has 0 aromatic carbocycles. The van der Waals surface area contributed by atoms with Gasteiger partial charge in [0.25, 0.3) is 10.0 Å². The SMILES string of the molecule is C=CCN(C(C)C)S(=O)(=O)c1[nH]ncc1CN. The fourth-order valence-electron chi connectivity index (χ4n) is 1.50. The van der Waals surface area contributed by atoms with Gasteiger partial charge in [-0.25, -0.2) is 8.42 Å². The highest BCUT2D eigenvalue weighted by atomic mass is 32.2. The number of nitrogens with one attached hydrogen (secondary N) is 1. The lowest BCUT2D eigenvalue weighted by molar-refractivity contribution is 0.380. The molecule has 0 unspecified atom stereocenters. The van der Waals surface area contributed by atoms with Crippen molar-refractivity contribution in [1.82, 2.24) is 14.5 Å². The largest absolute Gasteiger partial charge is 0.326 e. The molecule has 96 valence electrons. The van der Waals surface area contributed by atoms with Gasteiger partial charge in [0.05, 0.1) is 6.20 Å². The topological polar surface area (TPSA) is 92.1 Å². The van der Waals surface area contributed by atoms with Gasteiger partial charge in [0, 0.05) is 24.7 Å². The Morgan fingerprint density at radius 1 is 1.65 bits per heavy atom. The Bertz CT molecular complexity index is 478. The molecule has 0 atom stereocenters. The third-order valence-corrected chi connectivity index (χ3v) is 4.41. The Morgan fingerprint density at radius 3 is 2.76 bits per heavy atom. The van der Waals surface area contributed by atoms with Crippen LogP contribution in [0.2, 0.25) is 0 Å². The Morgan fingerprint density at radius 2 is 2.29 bits per heavy atom. The van der Waals surface area contributed by atoms with E-state index in [1.54, 1.807) is 19.9 Å². The fourth-order valence-corrected chi connectivity index (χ4v) is 3.23. The summed E-state index contributed by atoms with van der Waals surface area (Å²) in [6.45, 7) is 7.56. The maximum atomic E-state index is 12.4. The second kappa shape index (κ2) is 5.44. The summed E-state index contributed by atoms with van der Waals surface area (Å²) in [6, 6.07) is -0.160. The van der Waals surface area contributed by atoms with E-state index in [9.17, 15) is 8.42 Å². The quantitative estimate of drug-likeness (QED) is 0.725. The molecule has 1 aromatic rings. The van der Waals surface area contributed by atoms with E-state index in [0.717, 1.165) is 0 Å². The molecular formula is C10H18N4O2S. The average molecular weight is 258 g/mol. The van der Waals surface area contributed by atoms with E-state index in [-0.39, 0.29) is 24.2 Å². The van der Waals surface area contributed by atoms with Gasteiger partial charge >= 0.3 is 0 Å². The smallest absolute Gasteiger partial charge is 0.260 e. The molecule has 0 saturated heterocycles. The highest BCUT2D eigenvalue weighted by molar-refractivity contribution is 7.89. The summed E-state index contributed by atoms with van der Waals surface area (Å²) in [5.74, 6) is 0. The van der Waals surface area contributed by atoms with Crippen LogP contribution in [0.3, 0.4) is 0 Å². The fraction of sp³-hybridized carbons (Fsp3) is 0.500. The monoisotopic (exact) mass is 258 g/mol. The lowest BCUT2D eigenvalue weighted by atomic mass is 10.4. The highest BCUT2D eigenvalue weighted by Crippen LogP contribution is 2.19. The van der Waals surface area contributed by atoms with Crippen molar-refractivity contribution in [2.75, 3.05) is 6.54 Å². The standard InChI is InChI=1S/C10H18N4O2S/c1-4-5-14(8(2)3)17(15,16)10-9(6-11)7-12-13-10/h4,7-8H,1,5-6,11H2,2-3H3,(H,12,13). The molecule has 0 aliphatic rings. The molecule has 6 nitrogen and oxygen atoms in total. The molecule has 1 rings (SSSR count). The van der Waals surface area contributed by atoms with Crippen molar-refractivity contribution in [3.05, 3.63) is 24.4 Å². The number of H-pyrrole nitrogens is 1. The van der Waals surface area contributed by atoms with Crippen molar-refractivity contribution in [2.45, 2.75) is 31.5 Å². The van der Waals surface area contributed by atoms with Gasteiger partial charge in [0.2, 0.25) is 0 Å². The first-order chi connectivity index (χ1) is 7.95. The molecule has 7 heteroatoms. The van der Waals surface area contributed by atoms with Crippen LogP contribution in [-0.4, -0.2) is 35.5 Å². The molecule has 0 bridgehead atoms. The molecular weight excluding hydrogens is 240 g/mol. The number of rotatable bonds is 6. The zero-order valence-electron chi connectivity index (χ0n) is 10.0. The van der Waals surface area contributed by atoms with Gasteiger partial charge in [-0.15, -0.1) is 6.58 Å². The number of hydrogen-bond acceptors (Lipinski definition) is 4. The van der Waals surface area contributed by atoms with Crippen molar-refractivity contribution in [1.29, 1.82) is 0 Å². The second-order valence-corrected chi connectivity index (χ2v) is 5.71. The van der Waals surface area contributed by atoms with Crippen LogP contribution in [0.1, 0.15) is 19.4 Å². The molecule has 1 aromatic heterocycles. The summed E-state index contributed by atoms with van der Waals surface area (Å²) in [5, 5.41) is 6.29. The van der Waals surface area contributed by atoms with Crippen molar-refractivity contribution in [3.8, 4) is 0 Å². The van der Waals surface area contributed by atoms with Crippen LogP contribution in [0.25, 0.3) is 0 Å². The van der Waals surface area contributed by atoms with E-state index in [4.69, 9.17) is 5.73 Å². The first kappa shape index (κ1) is 13.9. The molecule has 3 N–H and O–H groups in total. The van der Waals surface area contributed by atoms with E-state index in [0.29, 0.717) is 5.56 Å². The van der Waals surface area contributed by atoms with E-state index in [2.05, 4.69) is 16.8 Å². The normalized spacial score (nSPS) is 12.3. The second-order valence-electron chi connectivity index (χ2n) is 3.89. The maximum absolute atomic E-state index is 12.4. The molecule has 0 aliphatic heterocycles. The van der Waals surface area contributed by atoms with Gasteiger partial charge in [-0.1, -0.05) is 6.08 Å². The predicted octanol–water partition coefficient (Wildman–Crippen LogP) is 0.453.